The number of hydrogen-bond acceptors (Lipinski definition) is 2. The van der Waals surface area contributed by atoms with Gasteiger partial charge in [0.25, 0.3) is 0 Å². The van der Waals surface area contributed by atoms with Gasteiger partial charge in [-0.2, -0.15) is 0 Å². The molecule has 2 heteroatoms. The van der Waals surface area contributed by atoms with E-state index < -0.39 is 0 Å². The van der Waals surface area contributed by atoms with Crippen molar-refractivity contribution in [3.63, 3.8) is 0 Å². The highest BCUT2D eigenvalue weighted by Crippen LogP contribution is 1.80. The Balaban J connectivity index is 0. The average Bonchev–Trinajstić information content (AvgIpc) is 1.99. The van der Waals surface area contributed by atoms with Crippen LogP contribution < -0.4 is 0 Å². The topological polar surface area (TPSA) is 34.1 Å². The summed E-state index contributed by atoms with van der Waals surface area (Å²) in [5.74, 6) is -0.125. The van der Waals surface area contributed by atoms with Crippen LogP contribution in [0.15, 0.2) is 24.3 Å². The van der Waals surface area contributed by atoms with Gasteiger partial charge in [0.2, 0.25) is 0 Å². The minimum Gasteiger partial charge on any atom is -0.300 e. The second kappa shape index (κ2) is 10.8. The van der Waals surface area contributed by atoms with Crippen LogP contribution in [-0.2, 0) is 9.59 Å². The highest BCUT2D eigenvalue weighted by atomic mass is 16.1. The zero-order valence-electron chi connectivity index (χ0n) is 8.83. The Labute approximate surface area is 80.3 Å². The van der Waals surface area contributed by atoms with Gasteiger partial charge in [0.15, 0.2) is 0 Å². The van der Waals surface area contributed by atoms with E-state index in [1.807, 2.05) is 38.2 Å². The lowest BCUT2D eigenvalue weighted by atomic mass is 10.2. The van der Waals surface area contributed by atoms with Crippen LogP contribution in [-0.4, -0.2) is 11.6 Å². The number of carbonyl (C=O) groups is 2. The molecule has 0 aromatic heterocycles. The van der Waals surface area contributed by atoms with E-state index in [2.05, 4.69) is 0 Å². The molecule has 0 fully saturated rings. The summed E-state index contributed by atoms with van der Waals surface area (Å²) in [4.78, 5) is 20.1. The number of allylic oxidation sites excluding steroid dienone is 4. The fourth-order valence-electron chi connectivity index (χ4n) is 0.573. The Morgan fingerprint density at radius 3 is 1.31 bits per heavy atom. The van der Waals surface area contributed by atoms with Crippen molar-refractivity contribution in [2.75, 3.05) is 0 Å². The molecular weight excluding hydrogens is 164 g/mol. The third-order valence-corrected chi connectivity index (χ3v) is 0.994. The number of carbonyl (C=O) groups excluding carboxylic acids is 2. The van der Waals surface area contributed by atoms with Crippen molar-refractivity contribution in [3.05, 3.63) is 24.3 Å². The maximum absolute atomic E-state index is 10.0. The summed E-state index contributed by atoms with van der Waals surface area (Å²) in [7, 11) is 0. The van der Waals surface area contributed by atoms with Crippen LogP contribution in [0.25, 0.3) is 0 Å². The molecule has 0 aliphatic rings. The fraction of sp³-hybridized carbons (Fsp3) is 0.455. The second-order valence-corrected chi connectivity index (χ2v) is 2.63. The van der Waals surface area contributed by atoms with Crippen molar-refractivity contribution in [1.29, 1.82) is 0 Å². The van der Waals surface area contributed by atoms with Gasteiger partial charge in [-0.3, -0.25) is 9.59 Å². The molecule has 0 aliphatic carbocycles. The number of hydrogen-bond donors (Lipinski definition) is 0. The first kappa shape index (κ1) is 14.3. The van der Waals surface area contributed by atoms with Crippen LogP contribution >= 0.6 is 0 Å². The van der Waals surface area contributed by atoms with Gasteiger partial charge in [-0.05, 0) is 27.7 Å². The first-order valence-corrected chi connectivity index (χ1v) is 4.27. The Morgan fingerprint density at radius 1 is 0.923 bits per heavy atom. The summed E-state index contributed by atoms with van der Waals surface area (Å²) in [5, 5.41) is 0. The largest absolute Gasteiger partial charge is 0.300 e. The molecule has 0 saturated carbocycles. The summed E-state index contributed by atoms with van der Waals surface area (Å²) in [6.07, 6.45) is 8.08. The van der Waals surface area contributed by atoms with E-state index in [-0.39, 0.29) is 18.0 Å². The summed E-state index contributed by atoms with van der Waals surface area (Å²) in [5.41, 5.74) is 0. The molecule has 0 amide bonds. The van der Waals surface area contributed by atoms with Crippen molar-refractivity contribution in [3.8, 4) is 0 Å². The predicted octanol–water partition coefficient (Wildman–Crippen LogP) is 2.69. The van der Waals surface area contributed by atoms with E-state index in [1.165, 1.54) is 13.8 Å². The van der Waals surface area contributed by atoms with Gasteiger partial charge in [0.1, 0.15) is 11.6 Å². The van der Waals surface area contributed by atoms with Gasteiger partial charge in [-0.1, -0.05) is 24.3 Å². The Hall–Kier alpha value is -1.18. The highest BCUT2D eigenvalue weighted by Gasteiger charge is 1.94. The van der Waals surface area contributed by atoms with Crippen molar-refractivity contribution >= 4 is 11.6 Å². The van der Waals surface area contributed by atoms with Crippen molar-refractivity contribution in [2.45, 2.75) is 34.1 Å². The molecule has 2 nitrogen and oxygen atoms in total. The van der Waals surface area contributed by atoms with Crippen molar-refractivity contribution in [1.82, 2.24) is 0 Å². The maximum atomic E-state index is 10.0. The quantitative estimate of drug-likeness (QED) is 0.496. The van der Waals surface area contributed by atoms with Gasteiger partial charge in [0, 0.05) is 0 Å². The molecule has 0 unspecified atom stereocenters. The SMILES string of the molecule is CC(=O)CC(C)=O.CC=CC=CC. The predicted molar refractivity (Wildman–Crippen MR) is 55.6 cm³/mol. The van der Waals surface area contributed by atoms with Crippen LogP contribution in [0.3, 0.4) is 0 Å². The Kier molecular flexibility index (Phi) is 11.9. The zero-order chi connectivity index (χ0) is 10.7. The molecule has 0 bridgehead atoms. The smallest absolute Gasteiger partial charge is 0.137 e. The molecule has 0 atom stereocenters. The first-order chi connectivity index (χ1) is 6.04. The van der Waals surface area contributed by atoms with E-state index in [0.29, 0.717) is 0 Å². The molecule has 0 aliphatic heterocycles. The normalized spacial score (nSPS) is 9.85. The summed E-state index contributed by atoms with van der Waals surface area (Å²) < 4.78 is 0. The van der Waals surface area contributed by atoms with Crippen LogP contribution in [0.5, 0.6) is 0 Å². The Bertz CT molecular complexity index is 178. The third kappa shape index (κ3) is 24.8. The minimum atomic E-state index is -0.0625. The number of Topliss-reactive ketones (excluding diaryl/α,β-unsaturated/α-hetero) is 2. The molecule has 0 spiro atoms. The second-order valence-electron chi connectivity index (χ2n) is 2.63. The van der Waals surface area contributed by atoms with Gasteiger partial charge in [0.05, 0.1) is 6.42 Å². The molecule has 13 heavy (non-hydrogen) atoms. The zero-order valence-corrected chi connectivity index (χ0v) is 8.83. The monoisotopic (exact) mass is 182 g/mol. The summed E-state index contributed by atoms with van der Waals surface area (Å²) in [6, 6.07) is 0. The lowest BCUT2D eigenvalue weighted by Crippen LogP contribution is -1.97. The van der Waals surface area contributed by atoms with Crippen LogP contribution in [0.4, 0.5) is 0 Å². The van der Waals surface area contributed by atoms with Crippen LogP contribution in [0, 0.1) is 0 Å². The maximum Gasteiger partial charge on any atom is 0.137 e. The lowest BCUT2D eigenvalue weighted by molar-refractivity contribution is -0.124. The van der Waals surface area contributed by atoms with Crippen molar-refractivity contribution < 1.29 is 9.59 Å². The van der Waals surface area contributed by atoms with Crippen molar-refractivity contribution in [2.24, 2.45) is 0 Å². The van der Waals surface area contributed by atoms with E-state index in [1.54, 1.807) is 0 Å². The van der Waals surface area contributed by atoms with Gasteiger partial charge in [-0.15, -0.1) is 0 Å². The van der Waals surface area contributed by atoms with Gasteiger partial charge in [-0.25, -0.2) is 0 Å². The van der Waals surface area contributed by atoms with Gasteiger partial charge >= 0.3 is 0 Å². The molecule has 0 heterocycles. The van der Waals surface area contributed by atoms with E-state index in [4.69, 9.17) is 0 Å². The highest BCUT2D eigenvalue weighted by molar-refractivity contribution is 5.96. The minimum absolute atomic E-state index is 0.0625. The molecule has 0 saturated heterocycles. The molecular formula is C11H18O2. The van der Waals surface area contributed by atoms with Crippen LogP contribution in [0.2, 0.25) is 0 Å². The average molecular weight is 182 g/mol. The molecule has 74 valence electrons. The third-order valence-electron chi connectivity index (χ3n) is 0.994. The standard InChI is InChI=1S/C6H10.C5H8O2/c1-3-5-6-4-2;1-4(6)3-5(2)7/h3-6H,1-2H3;3H2,1-2H3. The lowest BCUT2D eigenvalue weighted by Gasteiger charge is -1.81. The summed E-state index contributed by atoms with van der Waals surface area (Å²) in [6.45, 7) is 6.81. The number of rotatable bonds is 3. The van der Waals surface area contributed by atoms with E-state index >= 15 is 0 Å². The van der Waals surface area contributed by atoms with E-state index in [9.17, 15) is 9.59 Å². The molecule has 0 aromatic carbocycles. The van der Waals surface area contributed by atoms with E-state index in [0.717, 1.165) is 0 Å². The first-order valence-electron chi connectivity index (χ1n) is 4.27. The van der Waals surface area contributed by atoms with Crippen LogP contribution in [0.1, 0.15) is 34.1 Å². The molecule has 0 N–H and O–H groups in total. The summed E-state index contributed by atoms with van der Waals surface area (Å²) >= 11 is 0. The molecule has 0 radical (unpaired) electrons. The van der Waals surface area contributed by atoms with Gasteiger partial charge < -0.3 is 0 Å². The molecule has 0 rings (SSSR count). The molecule has 0 aromatic rings. The Morgan fingerprint density at radius 2 is 1.23 bits per heavy atom. The fourth-order valence-corrected chi connectivity index (χ4v) is 0.573. The number of ketones is 2.